The molecule has 1 fully saturated rings. The van der Waals surface area contributed by atoms with Crippen LogP contribution in [0.1, 0.15) is 25.0 Å². The van der Waals surface area contributed by atoms with Crippen molar-refractivity contribution >= 4 is 17.8 Å². The average Bonchev–Trinajstić information content (AvgIpc) is 2.67. The van der Waals surface area contributed by atoms with Crippen LogP contribution in [-0.4, -0.2) is 36.6 Å². The third kappa shape index (κ3) is 3.39. The van der Waals surface area contributed by atoms with E-state index in [2.05, 4.69) is 21.5 Å². The lowest BCUT2D eigenvalue weighted by Crippen LogP contribution is -2.24. The lowest BCUT2D eigenvalue weighted by molar-refractivity contribution is 0.533. The molecule has 0 bridgehead atoms. The maximum absolute atomic E-state index is 5.55. The first-order valence-electron chi connectivity index (χ1n) is 6.20. The van der Waals surface area contributed by atoms with Gasteiger partial charge in [-0.15, -0.1) is 0 Å². The van der Waals surface area contributed by atoms with E-state index in [4.69, 9.17) is 4.42 Å². The zero-order valence-electron chi connectivity index (χ0n) is 10.6. The topological polar surface area (TPSA) is 41.3 Å². The van der Waals surface area contributed by atoms with Crippen molar-refractivity contribution < 1.29 is 4.42 Å². The summed E-state index contributed by atoms with van der Waals surface area (Å²) < 4.78 is 5.55. The summed E-state index contributed by atoms with van der Waals surface area (Å²) >= 11 is 1.98. The predicted octanol–water partition coefficient (Wildman–Crippen LogP) is 2.12. The van der Waals surface area contributed by atoms with Gasteiger partial charge >= 0.3 is 0 Å². The molecule has 0 aliphatic carbocycles. The number of anilines is 1. The van der Waals surface area contributed by atoms with E-state index in [1.54, 1.807) is 6.26 Å². The van der Waals surface area contributed by atoms with Crippen molar-refractivity contribution in [2.45, 2.75) is 31.1 Å². The van der Waals surface area contributed by atoms with Crippen molar-refractivity contribution in [1.82, 2.24) is 10.3 Å². The molecular formula is C12H21N3OS. The number of rotatable bonds is 4. The average molecular weight is 255 g/mol. The van der Waals surface area contributed by atoms with Gasteiger partial charge < -0.3 is 14.6 Å². The summed E-state index contributed by atoms with van der Waals surface area (Å²) in [7, 11) is 1.92. The van der Waals surface area contributed by atoms with Crippen LogP contribution in [0.3, 0.4) is 0 Å². The van der Waals surface area contributed by atoms with Crippen LogP contribution in [0.15, 0.2) is 10.7 Å². The zero-order chi connectivity index (χ0) is 12.1. The minimum Gasteiger partial charge on any atom is -0.432 e. The van der Waals surface area contributed by atoms with Crippen LogP contribution in [0.5, 0.6) is 0 Å². The van der Waals surface area contributed by atoms with E-state index in [0.29, 0.717) is 0 Å². The number of thioether (sulfide) groups is 1. The van der Waals surface area contributed by atoms with Gasteiger partial charge in [0, 0.05) is 24.9 Å². The molecule has 2 rings (SSSR count). The highest BCUT2D eigenvalue weighted by atomic mass is 32.2. The summed E-state index contributed by atoms with van der Waals surface area (Å²) in [5.74, 6) is 0. The Hall–Kier alpha value is -0.680. The molecule has 1 unspecified atom stereocenters. The smallest absolute Gasteiger partial charge is 0.297 e. The first kappa shape index (κ1) is 12.8. The van der Waals surface area contributed by atoms with Crippen LogP contribution in [0, 0.1) is 0 Å². The van der Waals surface area contributed by atoms with Gasteiger partial charge in [-0.05, 0) is 32.6 Å². The number of oxazole rings is 1. The van der Waals surface area contributed by atoms with Gasteiger partial charge in [0.05, 0.1) is 5.69 Å². The first-order valence-corrected chi connectivity index (χ1v) is 7.49. The van der Waals surface area contributed by atoms with Gasteiger partial charge in [-0.2, -0.15) is 16.7 Å². The summed E-state index contributed by atoms with van der Waals surface area (Å²) in [6.45, 7) is 2.90. The van der Waals surface area contributed by atoms with Crippen LogP contribution in [0.4, 0.5) is 6.01 Å². The fourth-order valence-corrected chi connectivity index (χ4v) is 2.94. The van der Waals surface area contributed by atoms with E-state index in [9.17, 15) is 0 Å². The Balaban J connectivity index is 1.96. The molecule has 1 atom stereocenters. The van der Waals surface area contributed by atoms with Gasteiger partial charge in [0.25, 0.3) is 6.01 Å². The summed E-state index contributed by atoms with van der Waals surface area (Å²) in [5, 5.41) is 3.88. The molecule has 0 amide bonds. The van der Waals surface area contributed by atoms with Gasteiger partial charge in [0.15, 0.2) is 0 Å². The van der Waals surface area contributed by atoms with Crippen molar-refractivity contribution in [2.24, 2.45) is 0 Å². The predicted molar refractivity (Wildman–Crippen MR) is 72.6 cm³/mol. The monoisotopic (exact) mass is 255 g/mol. The van der Waals surface area contributed by atoms with Gasteiger partial charge in [-0.3, -0.25) is 0 Å². The second-order valence-corrected chi connectivity index (χ2v) is 5.57. The maximum Gasteiger partial charge on any atom is 0.297 e. The van der Waals surface area contributed by atoms with Crippen molar-refractivity contribution in [1.29, 1.82) is 0 Å². The molecule has 5 heteroatoms. The van der Waals surface area contributed by atoms with Crippen LogP contribution >= 0.6 is 11.8 Å². The van der Waals surface area contributed by atoms with E-state index in [1.807, 2.05) is 18.8 Å². The highest BCUT2D eigenvalue weighted by Crippen LogP contribution is 2.24. The van der Waals surface area contributed by atoms with Crippen LogP contribution in [0.2, 0.25) is 0 Å². The first-order chi connectivity index (χ1) is 8.33. The molecule has 4 nitrogen and oxygen atoms in total. The molecule has 1 aromatic rings. The lowest BCUT2D eigenvalue weighted by Gasteiger charge is -2.17. The normalized spacial score (nSPS) is 21.5. The molecule has 1 N–H and O–H groups in total. The summed E-state index contributed by atoms with van der Waals surface area (Å²) in [4.78, 5) is 6.78. The van der Waals surface area contributed by atoms with Gasteiger partial charge in [-0.25, -0.2) is 0 Å². The lowest BCUT2D eigenvalue weighted by atomic mass is 10.2. The fourth-order valence-electron chi connectivity index (χ4n) is 2.20. The third-order valence-corrected chi connectivity index (χ3v) is 4.31. The molecule has 0 aromatic carbocycles. The molecule has 1 aromatic heterocycles. The molecule has 0 spiro atoms. The van der Waals surface area contributed by atoms with Gasteiger partial charge in [-0.1, -0.05) is 0 Å². The maximum atomic E-state index is 5.55. The Morgan fingerprint density at radius 3 is 3.18 bits per heavy atom. The zero-order valence-corrected chi connectivity index (χ0v) is 11.4. The molecule has 17 heavy (non-hydrogen) atoms. The van der Waals surface area contributed by atoms with E-state index in [-0.39, 0.29) is 0 Å². The van der Waals surface area contributed by atoms with E-state index in [0.717, 1.165) is 36.6 Å². The number of hydrogen-bond acceptors (Lipinski definition) is 5. The van der Waals surface area contributed by atoms with Crippen LogP contribution in [0.25, 0.3) is 0 Å². The molecule has 1 aliphatic rings. The Kier molecular flexibility index (Phi) is 4.74. The van der Waals surface area contributed by atoms with Crippen LogP contribution < -0.4 is 10.2 Å². The quantitative estimate of drug-likeness (QED) is 0.892. The number of nitrogens with one attached hydrogen (secondary N) is 1. The molecule has 2 heterocycles. The number of aromatic nitrogens is 1. The molecule has 0 saturated carbocycles. The van der Waals surface area contributed by atoms with Crippen LogP contribution in [-0.2, 0) is 6.54 Å². The highest BCUT2D eigenvalue weighted by Gasteiger charge is 2.19. The third-order valence-electron chi connectivity index (χ3n) is 3.18. The van der Waals surface area contributed by atoms with Crippen molar-refractivity contribution in [3.63, 3.8) is 0 Å². The Bertz CT molecular complexity index is 342. The Morgan fingerprint density at radius 2 is 2.41 bits per heavy atom. The Labute approximate surface area is 107 Å². The summed E-state index contributed by atoms with van der Waals surface area (Å²) in [6.07, 6.45) is 7.72. The summed E-state index contributed by atoms with van der Waals surface area (Å²) in [6, 6.07) is 0.789. The number of hydrogen-bond donors (Lipinski definition) is 1. The van der Waals surface area contributed by atoms with Crippen molar-refractivity contribution in [2.75, 3.05) is 31.3 Å². The minimum atomic E-state index is 0.769. The van der Waals surface area contributed by atoms with E-state index >= 15 is 0 Å². The second kappa shape index (κ2) is 6.31. The SMILES string of the molecule is CNCc1coc(N2CCCC(SC)CC2)n1. The standard InChI is InChI=1S/C12H21N3OS/c1-13-8-10-9-16-12(14-10)15-6-3-4-11(17-2)5-7-15/h9,11,13H,3-8H2,1-2H3. The van der Waals surface area contributed by atoms with Gasteiger partial charge in [0.1, 0.15) is 6.26 Å². The van der Waals surface area contributed by atoms with E-state index in [1.165, 1.54) is 19.3 Å². The Morgan fingerprint density at radius 1 is 1.53 bits per heavy atom. The number of nitrogens with zero attached hydrogens (tertiary/aromatic N) is 2. The van der Waals surface area contributed by atoms with E-state index < -0.39 is 0 Å². The minimum absolute atomic E-state index is 0.769. The molecule has 1 saturated heterocycles. The molecule has 1 aliphatic heterocycles. The molecule has 96 valence electrons. The molecular weight excluding hydrogens is 234 g/mol. The highest BCUT2D eigenvalue weighted by molar-refractivity contribution is 7.99. The largest absolute Gasteiger partial charge is 0.432 e. The van der Waals surface area contributed by atoms with Gasteiger partial charge in [0.2, 0.25) is 0 Å². The van der Waals surface area contributed by atoms with Crippen molar-refractivity contribution in [3.05, 3.63) is 12.0 Å². The fraction of sp³-hybridized carbons (Fsp3) is 0.750. The van der Waals surface area contributed by atoms with Crippen molar-refractivity contribution in [3.8, 4) is 0 Å². The molecule has 0 radical (unpaired) electrons. The summed E-state index contributed by atoms with van der Waals surface area (Å²) in [5.41, 5.74) is 0.980. The second-order valence-electron chi connectivity index (χ2n) is 4.43.